The van der Waals surface area contributed by atoms with Gasteiger partial charge in [0.25, 0.3) is 0 Å². The molecule has 0 bridgehead atoms. The molecule has 0 aliphatic heterocycles. The highest BCUT2D eigenvalue weighted by Gasteiger charge is 2.28. The maximum Gasteiger partial charge on any atom is 0.0431 e. The molecule has 0 aromatic carbocycles. The first kappa shape index (κ1) is 40.8. The van der Waals surface area contributed by atoms with Gasteiger partial charge < -0.3 is 20.4 Å². The van der Waals surface area contributed by atoms with Crippen molar-refractivity contribution in [2.75, 3.05) is 26.4 Å². The van der Waals surface area contributed by atoms with Gasteiger partial charge in [0.05, 0.1) is 0 Å². The van der Waals surface area contributed by atoms with E-state index in [0.29, 0.717) is 31.8 Å². The molecule has 0 unspecified atom stereocenters. The molecule has 0 saturated heterocycles. The summed E-state index contributed by atoms with van der Waals surface area (Å²) in [4.78, 5) is 0. The van der Waals surface area contributed by atoms with Crippen LogP contribution in [0.3, 0.4) is 0 Å². The monoisotopic (exact) mass is 585 g/mol. The van der Waals surface area contributed by atoms with Crippen molar-refractivity contribution in [2.45, 2.75) is 205 Å². The molecule has 0 radical (unpaired) electrons. The van der Waals surface area contributed by atoms with Crippen LogP contribution in [-0.2, 0) is 0 Å². The largest absolute Gasteiger partial charge is 0.396 e. The molecule has 0 spiro atoms. The van der Waals surface area contributed by atoms with E-state index in [1.54, 1.807) is 0 Å². The summed E-state index contributed by atoms with van der Waals surface area (Å²) in [6.45, 7) is 1.38. The van der Waals surface area contributed by atoms with Crippen LogP contribution in [0, 0.1) is 5.41 Å². The molecule has 0 aliphatic rings. The molecular formula is C37H76O4. The van der Waals surface area contributed by atoms with Crippen LogP contribution in [0.15, 0.2) is 0 Å². The first-order valence-corrected chi connectivity index (χ1v) is 18.7. The molecule has 0 aliphatic carbocycles. The van der Waals surface area contributed by atoms with Gasteiger partial charge in [0.2, 0.25) is 0 Å². The summed E-state index contributed by atoms with van der Waals surface area (Å²) in [5.41, 5.74) is 0.543. The van der Waals surface area contributed by atoms with Gasteiger partial charge in [-0.25, -0.2) is 0 Å². The first-order valence-electron chi connectivity index (χ1n) is 18.7. The van der Waals surface area contributed by atoms with Gasteiger partial charge in [-0.05, 0) is 56.8 Å². The van der Waals surface area contributed by atoms with Crippen molar-refractivity contribution in [2.24, 2.45) is 5.41 Å². The Kier molecular flexibility index (Phi) is 34.2. The zero-order chi connectivity index (χ0) is 30.0. The average molecular weight is 585 g/mol. The molecule has 0 heterocycles. The Hall–Kier alpha value is -0.160. The van der Waals surface area contributed by atoms with Gasteiger partial charge in [0.1, 0.15) is 0 Å². The number of aliphatic hydroxyl groups is 4. The van der Waals surface area contributed by atoms with E-state index in [9.17, 15) is 0 Å². The highest BCUT2D eigenvalue weighted by Crippen LogP contribution is 2.42. The Morgan fingerprint density at radius 3 is 0.512 bits per heavy atom. The maximum atomic E-state index is 9.03. The van der Waals surface area contributed by atoms with Gasteiger partial charge in [0.15, 0.2) is 0 Å². The minimum Gasteiger partial charge on any atom is -0.396 e. The third kappa shape index (κ3) is 29.7. The van der Waals surface area contributed by atoms with Crippen LogP contribution in [0.1, 0.15) is 205 Å². The molecule has 4 nitrogen and oxygen atoms in total. The third-order valence-corrected chi connectivity index (χ3v) is 9.46. The SMILES string of the molecule is OCCCCCCCCCC(CCCCCCCCCO)(CCCCCCCCCO)CCCCCCCCCO. The zero-order valence-corrected chi connectivity index (χ0v) is 27.7. The second-order valence-electron chi connectivity index (χ2n) is 13.3. The smallest absolute Gasteiger partial charge is 0.0431 e. The molecule has 0 amide bonds. The van der Waals surface area contributed by atoms with Crippen LogP contribution in [0.25, 0.3) is 0 Å². The summed E-state index contributed by atoms with van der Waals surface area (Å²) in [6, 6.07) is 0. The Morgan fingerprint density at radius 1 is 0.195 bits per heavy atom. The molecule has 0 rings (SSSR count). The topological polar surface area (TPSA) is 80.9 Å². The van der Waals surface area contributed by atoms with Gasteiger partial charge in [-0.3, -0.25) is 0 Å². The fourth-order valence-corrected chi connectivity index (χ4v) is 6.73. The van der Waals surface area contributed by atoms with Gasteiger partial charge in [-0.2, -0.15) is 0 Å². The van der Waals surface area contributed by atoms with Crippen LogP contribution in [0.4, 0.5) is 0 Å². The quantitative estimate of drug-likeness (QED) is 0.0552. The van der Waals surface area contributed by atoms with Crippen molar-refractivity contribution in [1.29, 1.82) is 0 Å². The van der Waals surface area contributed by atoms with Crippen LogP contribution in [0.5, 0.6) is 0 Å². The first-order chi connectivity index (χ1) is 20.2. The van der Waals surface area contributed by atoms with Crippen LogP contribution in [-0.4, -0.2) is 46.9 Å². The molecule has 0 fully saturated rings. The second-order valence-corrected chi connectivity index (χ2v) is 13.3. The van der Waals surface area contributed by atoms with Crippen molar-refractivity contribution < 1.29 is 20.4 Å². The summed E-state index contributed by atoms with van der Waals surface area (Å²) in [6.07, 6.45) is 41.2. The Labute approximate surface area is 257 Å². The lowest BCUT2D eigenvalue weighted by atomic mass is 9.70. The fraction of sp³-hybridized carbons (Fsp3) is 1.00. The van der Waals surface area contributed by atoms with Crippen LogP contribution in [0.2, 0.25) is 0 Å². The molecule has 4 heteroatoms. The second kappa shape index (κ2) is 34.3. The fourth-order valence-electron chi connectivity index (χ4n) is 6.73. The van der Waals surface area contributed by atoms with E-state index >= 15 is 0 Å². The standard InChI is InChI=1S/C37H76O4/c38-33-25-17-9-1-5-13-21-29-37(30-22-14-6-2-10-18-26-34-39,31-23-15-7-3-11-19-27-35-40)32-24-16-8-4-12-20-28-36-41/h38-41H,1-36H2. The molecule has 41 heavy (non-hydrogen) atoms. The average Bonchev–Trinajstić information content (AvgIpc) is 2.98. The van der Waals surface area contributed by atoms with E-state index in [4.69, 9.17) is 20.4 Å². The third-order valence-electron chi connectivity index (χ3n) is 9.46. The van der Waals surface area contributed by atoms with Gasteiger partial charge in [0, 0.05) is 26.4 Å². The van der Waals surface area contributed by atoms with Gasteiger partial charge in [-0.1, -0.05) is 154 Å². The van der Waals surface area contributed by atoms with Crippen LogP contribution < -0.4 is 0 Å². The highest BCUT2D eigenvalue weighted by atomic mass is 16.3. The summed E-state index contributed by atoms with van der Waals surface area (Å²) in [7, 11) is 0. The Balaban J connectivity index is 4.82. The van der Waals surface area contributed by atoms with Crippen LogP contribution >= 0.6 is 0 Å². The van der Waals surface area contributed by atoms with Gasteiger partial charge >= 0.3 is 0 Å². The lowest BCUT2D eigenvalue weighted by Gasteiger charge is -2.35. The van der Waals surface area contributed by atoms with Crippen molar-refractivity contribution in [1.82, 2.24) is 0 Å². The number of unbranched alkanes of at least 4 members (excludes halogenated alkanes) is 24. The van der Waals surface area contributed by atoms with E-state index in [1.165, 1.54) is 180 Å². The van der Waals surface area contributed by atoms with Crippen molar-refractivity contribution in [3.05, 3.63) is 0 Å². The Morgan fingerprint density at radius 2 is 0.341 bits per heavy atom. The van der Waals surface area contributed by atoms with Crippen molar-refractivity contribution in [3.63, 3.8) is 0 Å². The van der Waals surface area contributed by atoms with Crippen molar-refractivity contribution >= 4 is 0 Å². The van der Waals surface area contributed by atoms with E-state index < -0.39 is 0 Å². The summed E-state index contributed by atoms with van der Waals surface area (Å²) in [5, 5.41) is 36.1. The Bertz CT molecular complexity index is 384. The molecule has 248 valence electrons. The molecule has 0 aromatic heterocycles. The predicted molar refractivity (Wildman–Crippen MR) is 179 cm³/mol. The summed E-state index contributed by atoms with van der Waals surface area (Å²) in [5.74, 6) is 0. The zero-order valence-electron chi connectivity index (χ0n) is 27.7. The molecular weight excluding hydrogens is 508 g/mol. The number of hydrogen-bond donors (Lipinski definition) is 4. The lowest BCUT2D eigenvalue weighted by Crippen LogP contribution is -2.21. The minimum absolute atomic E-state index is 0.344. The summed E-state index contributed by atoms with van der Waals surface area (Å²) >= 11 is 0. The maximum absolute atomic E-state index is 9.03. The summed E-state index contributed by atoms with van der Waals surface area (Å²) < 4.78 is 0. The van der Waals surface area contributed by atoms with Gasteiger partial charge in [-0.15, -0.1) is 0 Å². The molecule has 4 N–H and O–H groups in total. The normalized spacial score (nSPS) is 12.0. The predicted octanol–water partition coefficient (Wildman–Crippen LogP) is 10.4. The number of hydrogen-bond acceptors (Lipinski definition) is 4. The van der Waals surface area contributed by atoms with E-state index in [0.717, 1.165) is 25.7 Å². The molecule has 0 aromatic rings. The highest BCUT2D eigenvalue weighted by molar-refractivity contribution is 4.80. The molecule has 0 saturated carbocycles. The number of aliphatic hydroxyl groups excluding tert-OH is 4. The van der Waals surface area contributed by atoms with E-state index in [-0.39, 0.29) is 0 Å². The number of rotatable bonds is 36. The van der Waals surface area contributed by atoms with Crippen molar-refractivity contribution in [3.8, 4) is 0 Å². The minimum atomic E-state index is 0.344. The lowest BCUT2D eigenvalue weighted by molar-refractivity contribution is 0.171. The van der Waals surface area contributed by atoms with E-state index in [1.807, 2.05) is 0 Å². The van der Waals surface area contributed by atoms with E-state index in [2.05, 4.69) is 0 Å². The molecule has 0 atom stereocenters.